The van der Waals surface area contributed by atoms with Crippen LogP contribution in [0.5, 0.6) is 0 Å². The molecule has 17 heavy (non-hydrogen) atoms. The lowest BCUT2D eigenvalue weighted by atomic mass is 10.2. The van der Waals surface area contributed by atoms with Gasteiger partial charge in [0.05, 0.1) is 18.0 Å². The second kappa shape index (κ2) is 5.08. The van der Waals surface area contributed by atoms with E-state index in [1.54, 1.807) is 17.9 Å². The number of methoxy groups -OCH3 is 1. The molecular formula is C12H12Cl2N2O. The number of benzene rings is 1. The van der Waals surface area contributed by atoms with Gasteiger partial charge in [0.25, 0.3) is 0 Å². The Morgan fingerprint density at radius 2 is 2.06 bits per heavy atom. The minimum absolute atomic E-state index is 0.437. The second-order valence-electron chi connectivity index (χ2n) is 3.74. The van der Waals surface area contributed by atoms with E-state index in [1.807, 2.05) is 25.1 Å². The van der Waals surface area contributed by atoms with Crippen LogP contribution in [0.2, 0.25) is 10.2 Å². The quantitative estimate of drug-likeness (QED) is 0.852. The summed E-state index contributed by atoms with van der Waals surface area (Å²) in [5.74, 6) is 0. The maximum atomic E-state index is 6.11. The van der Waals surface area contributed by atoms with E-state index in [-0.39, 0.29) is 0 Å². The average molecular weight is 271 g/mol. The fraction of sp³-hybridized carbons (Fsp3) is 0.250. The summed E-state index contributed by atoms with van der Waals surface area (Å²) < 4.78 is 6.65. The molecule has 2 rings (SSSR count). The molecule has 0 unspecified atom stereocenters. The van der Waals surface area contributed by atoms with Crippen LogP contribution in [0.4, 0.5) is 0 Å². The van der Waals surface area contributed by atoms with Crippen molar-refractivity contribution >= 4 is 23.2 Å². The van der Waals surface area contributed by atoms with Gasteiger partial charge in [-0.15, -0.1) is 0 Å². The molecule has 3 nitrogen and oxygen atoms in total. The summed E-state index contributed by atoms with van der Waals surface area (Å²) in [4.78, 5) is 0. The van der Waals surface area contributed by atoms with E-state index in [2.05, 4.69) is 5.10 Å². The molecule has 0 aliphatic rings. The molecule has 0 N–H and O–H groups in total. The highest BCUT2D eigenvalue weighted by Gasteiger charge is 2.08. The van der Waals surface area contributed by atoms with E-state index in [9.17, 15) is 0 Å². The van der Waals surface area contributed by atoms with Crippen LogP contribution < -0.4 is 0 Å². The van der Waals surface area contributed by atoms with Gasteiger partial charge in [0.2, 0.25) is 0 Å². The first kappa shape index (κ1) is 12.4. The predicted molar refractivity (Wildman–Crippen MR) is 69.0 cm³/mol. The van der Waals surface area contributed by atoms with E-state index in [0.717, 1.165) is 16.9 Å². The normalized spacial score (nSPS) is 10.8. The summed E-state index contributed by atoms with van der Waals surface area (Å²) in [6.07, 6.45) is 0. The first-order valence-corrected chi connectivity index (χ1v) is 5.87. The van der Waals surface area contributed by atoms with Crippen molar-refractivity contribution in [2.24, 2.45) is 0 Å². The molecule has 1 aromatic heterocycles. The van der Waals surface area contributed by atoms with E-state index in [0.29, 0.717) is 16.8 Å². The van der Waals surface area contributed by atoms with Crippen LogP contribution >= 0.6 is 23.2 Å². The molecule has 90 valence electrons. The smallest absolute Gasteiger partial charge is 0.133 e. The molecule has 0 spiro atoms. The van der Waals surface area contributed by atoms with Crippen LogP contribution in [0.1, 0.15) is 11.3 Å². The first-order valence-electron chi connectivity index (χ1n) is 5.11. The minimum Gasteiger partial charge on any atom is -0.378 e. The third kappa shape index (κ3) is 2.63. The van der Waals surface area contributed by atoms with Gasteiger partial charge in [-0.3, -0.25) is 0 Å². The lowest BCUT2D eigenvalue weighted by Gasteiger charge is -2.05. The van der Waals surface area contributed by atoms with Gasteiger partial charge in [0, 0.05) is 18.2 Å². The molecule has 0 aliphatic carbocycles. The van der Waals surface area contributed by atoms with Crippen molar-refractivity contribution in [3.05, 3.63) is 45.7 Å². The number of rotatable bonds is 3. The van der Waals surface area contributed by atoms with Gasteiger partial charge in [-0.2, -0.15) is 5.10 Å². The molecule has 0 radical (unpaired) electrons. The Kier molecular flexibility index (Phi) is 3.72. The van der Waals surface area contributed by atoms with Crippen LogP contribution in [-0.4, -0.2) is 16.9 Å². The third-order valence-electron chi connectivity index (χ3n) is 2.41. The molecular weight excluding hydrogens is 259 g/mol. The van der Waals surface area contributed by atoms with E-state index in [4.69, 9.17) is 27.9 Å². The summed E-state index contributed by atoms with van der Waals surface area (Å²) in [5, 5.41) is 5.58. The molecule has 0 atom stereocenters. The van der Waals surface area contributed by atoms with Crippen LogP contribution in [0.15, 0.2) is 24.3 Å². The van der Waals surface area contributed by atoms with Crippen LogP contribution in [0.25, 0.3) is 5.69 Å². The Morgan fingerprint density at radius 3 is 2.71 bits per heavy atom. The van der Waals surface area contributed by atoms with Crippen LogP contribution in [0.3, 0.4) is 0 Å². The highest BCUT2D eigenvalue weighted by molar-refractivity contribution is 6.31. The lowest BCUT2D eigenvalue weighted by Crippen LogP contribution is -1.98. The summed E-state index contributed by atoms with van der Waals surface area (Å²) in [5.41, 5.74) is 2.65. The molecule has 0 fully saturated rings. The number of nitrogens with zero attached hydrogens (tertiary/aromatic N) is 2. The van der Waals surface area contributed by atoms with E-state index >= 15 is 0 Å². The molecule has 0 aliphatic heterocycles. The van der Waals surface area contributed by atoms with Gasteiger partial charge in [-0.25, -0.2) is 4.68 Å². The summed E-state index contributed by atoms with van der Waals surface area (Å²) >= 11 is 12.2. The number of aromatic nitrogens is 2. The largest absolute Gasteiger partial charge is 0.378 e. The lowest BCUT2D eigenvalue weighted by molar-refractivity contribution is 0.181. The Hall–Kier alpha value is -1.03. The van der Waals surface area contributed by atoms with Gasteiger partial charge < -0.3 is 4.74 Å². The maximum Gasteiger partial charge on any atom is 0.133 e. The number of aryl methyl sites for hydroxylation is 1. The number of hydrogen-bond donors (Lipinski definition) is 0. The molecule has 1 heterocycles. The highest BCUT2D eigenvalue weighted by Crippen LogP contribution is 2.22. The van der Waals surface area contributed by atoms with Crippen molar-refractivity contribution in [2.45, 2.75) is 13.5 Å². The van der Waals surface area contributed by atoms with Crippen LogP contribution in [-0.2, 0) is 11.3 Å². The standard InChI is InChI=1S/C12H12Cl2N2O/c1-8-3-4-10(6-11(8)13)16-12(14)5-9(15-16)7-17-2/h3-6H,7H2,1-2H3. The Bertz CT molecular complexity index is 537. The Morgan fingerprint density at radius 1 is 1.29 bits per heavy atom. The van der Waals surface area contributed by atoms with Crippen molar-refractivity contribution < 1.29 is 4.74 Å². The Labute approximate surface area is 110 Å². The summed E-state index contributed by atoms with van der Waals surface area (Å²) in [6, 6.07) is 7.48. The molecule has 0 bridgehead atoms. The van der Waals surface area contributed by atoms with Gasteiger partial charge in [-0.05, 0) is 24.6 Å². The fourth-order valence-corrected chi connectivity index (χ4v) is 1.95. The molecule has 1 aromatic carbocycles. The van der Waals surface area contributed by atoms with E-state index in [1.165, 1.54) is 0 Å². The van der Waals surface area contributed by atoms with Gasteiger partial charge in [0.1, 0.15) is 5.15 Å². The SMILES string of the molecule is COCc1cc(Cl)n(-c2ccc(C)c(Cl)c2)n1. The first-order chi connectivity index (χ1) is 8.11. The Balaban J connectivity index is 2.41. The average Bonchev–Trinajstić information content (AvgIpc) is 2.64. The minimum atomic E-state index is 0.437. The monoisotopic (exact) mass is 270 g/mol. The van der Waals surface area contributed by atoms with Crippen molar-refractivity contribution in [1.82, 2.24) is 9.78 Å². The van der Waals surface area contributed by atoms with Gasteiger partial charge in [-0.1, -0.05) is 29.3 Å². The van der Waals surface area contributed by atoms with E-state index < -0.39 is 0 Å². The maximum absolute atomic E-state index is 6.11. The zero-order chi connectivity index (χ0) is 12.4. The topological polar surface area (TPSA) is 27.1 Å². The number of ether oxygens (including phenoxy) is 1. The van der Waals surface area contributed by atoms with Gasteiger partial charge in [0.15, 0.2) is 0 Å². The zero-order valence-electron chi connectivity index (χ0n) is 9.58. The summed E-state index contributed by atoms with van der Waals surface area (Å²) in [7, 11) is 1.62. The highest BCUT2D eigenvalue weighted by atomic mass is 35.5. The van der Waals surface area contributed by atoms with Gasteiger partial charge >= 0.3 is 0 Å². The predicted octanol–water partition coefficient (Wildman–Crippen LogP) is 3.63. The fourth-order valence-electron chi connectivity index (χ4n) is 1.52. The van der Waals surface area contributed by atoms with Crippen LogP contribution in [0, 0.1) is 6.92 Å². The zero-order valence-corrected chi connectivity index (χ0v) is 11.1. The van der Waals surface area contributed by atoms with Crippen molar-refractivity contribution in [2.75, 3.05) is 7.11 Å². The number of halogens is 2. The molecule has 0 saturated heterocycles. The van der Waals surface area contributed by atoms with Crippen molar-refractivity contribution in [3.63, 3.8) is 0 Å². The van der Waals surface area contributed by atoms with Crippen molar-refractivity contribution in [3.8, 4) is 5.69 Å². The summed E-state index contributed by atoms with van der Waals surface area (Å²) in [6.45, 7) is 2.39. The molecule has 5 heteroatoms. The van der Waals surface area contributed by atoms with Crippen molar-refractivity contribution in [1.29, 1.82) is 0 Å². The molecule has 0 saturated carbocycles. The third-order valence-corrected chi connectivity index (χ3v) is 3.09. The molecule has 0 amide bonds. The number of hydrogen-bond acceptors (Lipinski definition) is 2. The molecule has 2 aromatic rings. The second-order valence-corrected chi connectivity index (χ2v) is 4.53.